The number of aliphatic hydroxyl groups is 1. The summed E-state index contributed by atoms with van der Waals surface area (Å²) < 4.78 is 10.4. The Labute approximate surface area is 157 Å². The molecule has 0 spiro atoms. The summed E-state index contributed by atoms with van der Waals surface area (Å²) in [5.74, 6) is 0.931. The van der Waals surface area contributed by atoms with Crippen molar-refractivity contribution in [3.05, 3.63) is 0 Å². The first-order valence-electron chi connectivity index (χ1n) is 9.41. The Hall–Kier alpha value is -1.50. The van der Waals surface area contributed by atoms with Crippen LogP contribution in [0.5, 0.6) is 0 Å². The van der Waals surface area contributed by atoms with E-state index in [9.17, 15) is 9.59 Å². The summed E-state index contributed by atoms with van der Waals surface area (Å²) in [5.41, 5.74) is -0.796. The number of hydrogen-bond donors (Lipinski definition) is 1. The van der Waals surface area contributed by atoms with Gasteiger partial charge in [0.05, 0.1) is 0 Å². The van der Waals surface area contributed by atoms with Crippen LogP contribution in [0.25, 0.3) is 0 Å². The van der Waals surface area contributed by atoms with Crippen LogP contribution >= 0.6 is 0 Å². The number of hydrogen-bond acceptors (Lipinski definition) is 5. The molecule has 2 saturated heterocycles. The van der Waals surface area contributed by atoms with Crippen LogP contribution < -0.4 is 0 Å². The maximum Gasteiger partial charge on any atom is 0.410 e. The van der Waals surface area contributed by atoms with Gasteiger partial charge in [-0.15, -0.1) is 0 Å². The highest BCUT2D eigenvalue weighted by Crippen LogP contribution is 2.21. The van der Waals surface area contributed by atoms with Crippen LogP contribution in [0.15, 0.2) is 0 Å². The van der Waals surface area contributed by atoms with Crippen molar-refractivity contribution < 1.29 is 24.2 Å². The summed E-state index contributed by atoms with van der Waals surface area (Å²) in [6.45, 7) is 16.5. The molecule has 0 unspecified atom stereocenters. The number of nitrogens with zero attached hydrogens (tertiary/aromatic N) is 2. The zero-order valence-corrected chi connectivity index (χ0v) is 17.4. The van der Waals surface area contributed by atoms with Crippen molar-refractivity contribution in [2.24, 2.45) is 11.8 Å². The van der Waals surface area contributed by atoms with Crippen LogP contribution in [0.2, 0.25) is 0 Å². The van der Waals surface area contributed by atoms with E-state index in [4.69, 9.17) is 14.6 Å². The summed E-state index contributed by atoms with van der Waals surface area (Å²) in [6, 6.07) is 0. The Bertz CT molecular complexity index is 425. The Morgan fingerprint density at radius 1 is 0.846 bits per heavy atom. The fourth-order valence-corrected chi connectivity index (χ4v) is 2.46. The number of ether oxygens (including phenoxy) is 2. The first-order valence-corrected chi connectivity index (χ1v) is 9.41. The number of likely N-dealkylation sites (tertiary alicyclic amines) is 2. The minimum atomic E-state index is -0.429. The second-order valence-corrected chi connectivity index (χ2v) is 9.09. The van der Waals surface area contributed by atoms with Crippen molar-refractivity contribution in [3.8, 4) is 0 Å². The third-order valence-electron chi connectivity index (χ3n) is 4.05. The lowest BCUT2D eigenvalue weighted by Crippen LogP contribution is -2.52. The van der Waals surface area contributed by atoms with E-state index in [1.165, 1.54) is 0 Å². The summed E-state index contributed by atoms with van der Waals surface area (Å²) in [4.78, 5) is 26.1. The van der Waals surface area contributed by atoms with E-state index in [0.29, 0.717) is 19.0 Å². The molecule has 0 aromatic carbocycles. The molecule has 1 N–H and O–H groups in total. The van der Waals surface area contributed by atoms with Gasteiger partial charge in [0, 0.05) is 38.7 Å². The van der Waals surface area contributed by atoms with E-state index >= 15 is 0 Å². The Balaban J connectivity index is 0.000000260. The fraction of sp³-hybridized carbons (Fsp3) is 0.895. The molecule has 0 saturated carbocycles. The molecule has 0 aromatic heterocycles. The molecule has 2 fully saturated rings. The van der Waals surface area contributed by atoms with Gasteiger partial charge in [-0.1, -0.05) is 6.92 Å². The van der Waals surface area contributed by atoms with Crippen molar-refractivity contribution in [3.63, 3.8) is 0 Å². The van der Waals surface area contributed by atoms with Gasteiger partial charge < -0.3 is 24.4 Å². The smallest absolute Gasteiger partial charge is 0.410 e. The number of amides is 2. The average Bonchev–Trinajstić information content (AvgIpc) is 2.32. The van der Waals surface area contributed by atoms with E-state index in [0.717, 1.165) is 19.5 Å². The van der Waals surface area contributed by atoms with Gasteiger partial charge in [0.15, 0.2) is 0 Å². The molecule has 26 heavy (non-hydrogen) atoms. The molecule has 2 aliphatic rings. The molecule has 2 rings (SSSR count). The molecule has 0 radical (unpaired) electrons. The standard InChI is InChI=1S/C10H19NO2.C9H17NO3/c1-5-8-6-11(7-8)9(12)13-10(2,3)4;1-9(2,3)13-8(12)10-4-7(5-10)6-11/h8H,5-7H2,1-4H3;7,11H,4-6H2,1-3H3. The van der Waals surface area contributed by atoms with Crippen LogP contribution in [0, 0.1) is 11.8 Å². The Morgan fingerprint density at radius 2 is 1.19 bits per heavy atom. The zero-order valence-electron chi connectivity index (χ0n) is 17.4. The van der Waals surface area contributed by atoms with Crippen LogP contribution in [0.3, 0.4) is 0 Å². The molecule has 2 heterocycles. The monoisotopic (exact) mass is 372 g/mol. The maximum absolute atomic E-state index is 11.4. The maximum atomic E-state index is 11.4. The molecule has 0 aromatic rings. The summed E-state index contributed by atoms with van der Waals surface area (Å²) in [6.07, 6.45) is 0.702. The van der Waals surface area contributed by atoms with Crippen LogP contribution in [-0.4, -0.2) is 71.1 Å². The Kier molecular flexibility index (Phi) is 7.74. The molecule has 7 heteroatoms. The van der Waals surface area contributed by atoms with Crippen molar-refractivity contribution >= 4 is 12.2 Å². The molecule has 2 aliphatic heterocycles. The molecular formula is C19H36N2O5. The second-order valence-electron chi connectivity index (χ2n) is 9.09. The van der Waals surface area contributed by atoms with Crippen LogP contribution in [-0.2, 0) is 9.47 Å². The normalized spacial score (nSPS) is 18.3. The van der Waals surface area contributed by atoms with Crippen molar-refractivity contribution in [2.45, 2.75) is 66.1 Å². The Morgan fingerprint density at radius 3 is 1.46 bits per heavy atom. The van der Waals surface area contributed by atoms with Gasteiger partial charge in [0.25, 0.3) is 0 Å². The fourth-order valence-electron chi connectivity index (χ4n) is 2.46. The van der Waals surface area contributed by atoms with Gasteiger partial charge >= 0.3 is 12.2 Å². The lowest BCUT2D eigenvalue weighted by molar-refractivity contribution is -0.00981. The molecule has 0 bridgehead atoms. The van der Waals surface area contributed by atoms with Crippen LogP contribution in [0.1, 0.15) is 54.9 Å². The van der Waals surface area contributed by atoms with Gasteiger partial charge in [-0.2, -0.15) is 0 Å². The zero-order chi connectivity index (χ0) is 20.1. The van der Waals surface area contributed by atoms with Crippen LogP contribution in [0.4, 0.5) is 9.59 Å². The molecular weight excluding hydrogens is 336 g/mol. The van der Waals surface area contributed by atoms with E-state index in [-0.39, 0.29) is 30.3 Å². The lowest BCUT2D eigenvalue weighted by atomic mass is 9.98. The van der Waals surface area contributed by atoms with Crippen molar-refractivity contribution in [1.29, 1.82) is 0 Å². The molecule has 152 valence electrons. The van der Waals surface area contributed by atoms with E-state index in [2.05, 4.69) is 6.92 Å². The minimum absolute atomic E-state index is 0.152. The number of carbonyl (C=O) groups excluding carboxylic acids is 2. The average molecular weight is 373 g/mol. The third-order valence-corrected chi connectivity index (χ3v) is 4.05. The topological polar surface area (TPSA) is 79.3 Å². The van der Waals surface area contributed by atoms with Gasteiger partial charge in [-0.05, 0) is 53.9 Å². The predicted molar refractivity (Wildman–Crippen MR) is 100.0 cm³/mol. The molecule has 0 atom stereocenters. The van der Waals surface area contributed by atoms with E-state index < -0.39 is 5.60 Å². The molecule has 0 aliphatic carbocycles. The van der Waals surface area contributed by atoms with Crippen molar-refractivity contribution in [2.75, 3.05) is 32.8 Å². The SMILES string of the molecule is CC(C)(C)OC(=O)N1CC(CO)C1.CCC1CN(C(=O)OC(C)(C)C)C1. The van der Waals surface area contributed by atoms with Gasteiger partial charge in [0.2, 0.25) is 0 Å². The quantitative estimate of drug-likeness (QED) is 0.806. The predicted octanol–water partition coefficient (Wildman–Crippen LogP) is 3.11. The second kappa shape index (κ2) is 8.93. The van der Waals surface area contributed by atoms with E-state index in [1.54, 1.807) is 9.80 Å². The third kappa shape index (κ3) is 7.81. The first-order chi connectivity index (χ1) is 11.8. The number of aliphatic hydroxyl groups excluding tert-OH is 1. The highest BCUT2D eigenvalue weighted by atomic mass is 16.6. The van der Waals surface area contributed by atoms with E-state index in [1.807, 2.05) is 41.5 Å². The summed E-state index contributed by atoms with van der Waals surface area (Å²) in [5, 5.41) is 8.74. The van der Waals surface area contributed by atoms with Gasteiger partial charge in [0.1, 0.15) is 11.2 Å². The largest absolute Gasteiger partial charge is 0.444 e. The minimum Gasteiger partial charge on any atom is -0.444 e. The van der Waals surface area contributed by atoms with Gasteiger partial charge in [-0.3, -0.25) is 0 Å². The van der Waals surface area contributed by atoms with Crippen molar-refractivity contribution in [1.82, 2.24) is 9.80 Å². The highest BCUT2D eigenvalue weighted by Gasteiger charge is 2.33. The summed E-state index contributed by atoms with van der Waals surface area (Å²) in [7, 11) is 0. The molecule has 2 amide bonds. The highest BCUT2D eigenvalue weighted by molar-refractivity contribution is 5.69. The first kappa shape index (κ1) is 22.5. The molecule has 7 nitrogen and oxygen atoms in total. The lowest BCUT2D eigenvalue weighted by Gasteiger charge is -2.39. The van der Waals surface area contributed by atoms with Gasteiger partial charge in [-0.25, -0.2) is 9.59 Å². The number of carbonyl (C=O) groups is 2. The summed E-state index contributed by atoms with van der Waals surface area (Å²) >= 11 is 0. The number of rotatable bonds is 2.